The van der Waals surface area contributed by atoms with E-state index in [0.717, 1.165) is 43.0 Å². The van der Waals surface area contributed by atoms with Crippen LogP contribution in [-0.2, 0) is 7.05 Å². The van der Waals surface area contributed by atoms with E-state index in [2.05, 4.69) is 65.1 Å². The number of ether oxygens (including phenoxy) is 1. The number of halogens is 1. The van der Waals surface area contributed by atoms with Gasteiger partial charge >= 0.3 is 0 Å². The van der Waals surface area contributed by atoms with Crippen LogP contribution in [0.2, 0.25) is 0 Å². The SMILES string of the molecule is C=Cc1oc2cc(OC)c(-c3cccc(I)[n+]3C)cc2c1/C=C\C. The highest BCUT2D eigenvalue weighted by atomic mass is 127. The lowest BCUT2D eigenvalue weighted by Crippen LogP contribution is -2.34. The van der Waals surface area contributed by atoms with Gasteiger partial charge in [0, 0.05) is 51.7 Å². The largest absolute Gasteiger partial charge is 0.496 e. The van der Waals surface area contributed by atoms with E-state index in [1.54, 1.807) is 13.2 Å². The molecule has 3 aromatic rings. The van der Waals surface area contributed by atoms with Crippen LogP contribution in [0.1, 0.15) is 18.2 Å². The van der Waals surface area contributed by atoms with Gasteiger partial charge in [-0.2, -0.15) is 4.57 Å². The normalized spacial score (nSPS) is 11.3. The number of benzene rings is 1. The Kier molecular flexibility index (Phi) is 4.76. The van der Waals surface area contributed by atoms with Crippen molar-refractivity contribution in [3.05, 3.63) is 58.0 Å². The molecule has 0 saturated heterocycles. The zero-order valence-corrected chi connectivity index (χ0v) is 16.1. The van der Waals surface area contributed by atoms with Gasteiger partial charge < -0.3 is 9.15 Å². The summed E-state index contributed by atoms with van der Waals surface area (Å²) in [6, 6.07) is 10.3. The summed E-state index contributed by atoms with van der Waals surface area (Å²) in [6.07, 6.45) is 5.80. The first-order chi connectivity index (χ1) is 11.6. The molecule has 0 aliphatic rings. The molecule has 2 aromatic heterocycles. The molecular weight excluding hydrogens is 413 g/mol. The summed E-state index contributed by atoms with van der Waals surface area (Å²) in [5, 5.41) is 1.05. The number of aromatic nitrogens is 1. The quantitative estimate of drug-likeness (QED) is 0.321. The van der Waals surface area contributed by atoms with Crippen molar-refractivity contribution in [2.24, 2.45) is 7.05 Å². The zero-order valence-electron chi connectivity index (χ0n) is 14.0. The molecule has 0 bridgehead atoms. The topological polar surface area (TPSA) is 26.2 Å². The van der Waals surface area contributed by atoms with Gasteiger partial charge in [-0.15, -0.1) is 0 Å². The Hall–Kier alpha value is -2.08. The predicted octanol–water partition coefficient (Wildman–Crippen LogP) is 5.21. The first-order valence-electron chi connectivity index (χ1n) is 7.65. The van der Waals surface area contributed by atoms with Gasteiger partial charge in [-0.1, -0.05) is 18.7 Å². The fourth-order valence-electron chi connectivity index (χ4n) is 2.85. The van der Waals surface area contributed by atoms with E-state index < -0.39 is 0 Å². The average molecular weight is 432 g/mol. The van der Waals surface area contributed by atoms with Gasteiger partial charge in [0.2, 0.25) is 9.39 Å². The van der Waals surface area contributed by atoms with E-state index in [1.165, 1.54) is 0 Å². The van der Waals surface area contributed by atoms with Crippen LogP contribution in [0.15, 0.2) is 47.4 Å². The molecule has 2 heterocycles. The molecule has 4 heteroatoms. The third kappa shape index (κ3) is 2.75. The maximum Gasteiger partial charge on any atom is 0.241 e. The molecule has 0 saturated carbocycles. The van der Waals surface area contributed by atoms with E-state index in [9.17, 15) is 0 Å². The zero-order chi connectivity index (χ0) is 17.3. The van der Waals surface area contributed by atoms with Gasteiger partial charge in [0.15, 0.2) is 0 Å². The molecule has 0 atom stereocenters. The van der Waals surface area contributed by atoms with Crippen molar-refractivity contribution in [3.8, 4) is 17.0 Å². The molecule has 0 aliphatic heterocycles. The Balaban J connectivity index is 2.37. The summed E-state index contributed by atoms with van der Waals surface area (Å²) in [5.74, 6) is 1.56. The van der Waals surface area contributed by atoms with E-state index >= 15 is 0 Å². The van der Waals surface area contributed by atoms with E-state index in [1.807, 2.05) is 25.1 Å². The van der Waals surface area contributed by atoms with Crippen LogP contribution in [0.5, 0.6) is 5.75 Å². The van der Waals surface area contributed by atoms with Gasteiger partial charge in [0.05, 0.1) is 12.7 Å². The van der Waals surface area contributed by atoms with Gasteiger partial charge in [-0.3, -0.25) is 0 Å². The molecule has 3 rings (SSSR count). The smallest absolute Gasteiger partial charge is 0.241 e. The van der Waals surface area contributed by atoms with E-state index in [0.29, 0.717) is 0 Å². The summed E-state index contributed by atoms with van der Waals surface area (Å²) in [7, 11) is 3.74. The average Bonchev–Trinajstić information content (AvgIpc) is 2.93. The van der Waals surface area contributed by atoms with E-state index in [-0.39, 0.29) is 0 Å². The standard InChI is InChI=1S/C20H19INO2/c1-5-8-13-14-11-15(16-9-7-10-20(21)22(16)3)18(23-4)12-19(14)24-17(13)6-2/h5-12H,2H2,1,3-4H3/q+1/b8-5-. The van der Waals surface area contributed by atoms with Gasteiger partial charge in [-0.25, -0.2) is 0 Å². The first kappa shape index (κ1) is 16.8. The number of hydrogen-bond acceptors (Lipinski definition) is 2. The van der Waals surface area contributed by atoms with Crippen LogP contribution in [0.4, 0.5) is 0 Å². The summed E-state index contributed by atoms with van der Waals surface area (Å²) < 4.78 is 14.9. The molecular formula is C20H19INO2+. The number of fused-ring (bicyclic) bond motifs is 1. The van der Waals surface area contributed by atoms with Crippen molar-refractivity contribution in [1.29, 1.82) is 0 Å². The molecule has 0 unspecified atom stereocenters. The molecule has 0 spiro atoms. The Morgan fingerprint density at radius 1 is 1.29 bits per heavy atom. The highest BCUT2D eigenvalue weighted by molar-refractivity contribution is 14.1. The second kappa shape index (κ2) is 6.81. The Morgan fingerprint density at radius 2 is 2.08 bits per heavy atom. The lowest BCUT2D eigenvalue weighted by molar-refractivity contribution is -0.673. The fourth-order valence-corrected chi connectivity index (χ4v) is 3.32. The molecule has 0 radical (unpaired) electrons. The molecule has 3 nitrogen and oxygen atoms in total. The van der Waals surface area contributed by atoms with Crippen LogP contribution in [-0.4, -0.2) is 7.11 Å². The molecule has 0 aliphatic carbocycles. The third-order valence-electron chi connectivity index (χ3n) is 4.04. The second-order valence-electron chi connectivity index (χ2n) is 5.43. The number of rotatable bonds is 4. The number of pyridine rings is 1. The van der Waals surface area contributed by atoms with Gasteiger partial charge in [-0.05, 0) is 25.1 Å². The maximum absolute atomic E-state index is 5.93. The Morgan fingerprint density at radius 3 is 2.75 bits per heavy atom. The number of hydrogen-bond donors (Lipinski definition) is 0. The second-order valence-corrected chi connectivity index (χ2v) is 6.53. The monoisotopic (exact) mass is 432 g/mol. The lowest BCUT2D eigenvalue weighted by atomic mass is 10.0. The van der Waals surface area contributed by atoms with E-state index in [4.69, 9.17) is 9.15 Å². The minimum Gasteiger partial charge on any atom is -0.496 e. The van der Waals surface area contributed by atoms with Crippen molar-refractivity contribution < 1.29 is 13.7 Å². The summed E-state index contributed by atoms with van der Waals surface area (Å²) in [4.78, 5) is 0. The van der Waals surface area contributed by atoms with Crippen LogP contribution in [0, 0.1) is 3.70 Å². The molecule has 1 aromatic carbocycles. The van der Waals surface area contributed by atoms with Crippen LogP contribution < -0.4 is 9.30 Å². The van der Waals surface area contributed by atoms with Crippen LogP contribution >= 0.6 is 22.6 Å². The maximum atomic E-state index is 5.93. The van der Waals surface area contributed by atoms with Crippen molar-refractivity contribution in [3.63, 3.8) is 0 Å². The minimum absolute atomic E-state index is 0.773. The molecule has 0 fully saturated rings. The number of furan rings is 1. The number of methoxy groups -OCH3 is 1. The van der Waals surface area contributed by atoms with Crippen LogP contribution in [0.3, 0.4) is 0 Å². The van der Waals surface area contributed by atoms with Crippen LogP contribution in [0.25, 0.3) is 34.4 Å². The first-order valence-corrected chi connectivity index (χ1v) is 8.73. The molecule has 0 N–H and O–H groups in total. The van der Waals surface area contributed by atoms with Crippen molar-refractivity contribution in [1.82, 2.24) is 0 Å². The minimum atomic E-state index is 0.773. The molecule has 122 valence electrons. The number of allylic oxidation sites excluding steroid dienone is 1. The van der Waals surface area contributed by atoms with Gasteiger partial charge in [0.25, 0.3) is 0 Å². The molecule has 0 amide bonds. The van der Waals surface area contributed by atoms with Gasteiger partial charge in [0.1, 0.15) is 24.1 Å². The molecule has 24 heavy (non-hydrogen) atoms. The fraction of sp³-hybridized carbons (Fsp3) is 0.150. The lowest BCUT2D eigenvalue weighted by Gasteiger charge is -2.08. The Bertz CT molecular complexity index is 954. The highest BCUT2D eigenvalue weighted by Gasteiger charge is 2.20. The van der Waals surface area contributed by atoms with Crippen molar-refractivity contribution >= 4 is 45.7 Å². The highest BCUT2D eigenvalue weighted by Crippen LogP contribution is 2.37. The van der Waals surface area contributed by atoms with Crippen molar-refractivity contribution in [2.45, 2.75) is 6.92 Å². The summed E-state index contributed by atoms with van der Waals surface area (Å²) in [6.45, 7) is 5.85. The predicted molar refractivity (Wildman–Crippen MR) is 107 cm³/mol. The third-order valence-corrected chi connectivity index (χ3v) is 5.12. The van der Waals surface area contributed by atoms with Crippen molar-refractivity contribution in [2.75, 3.05) is 7.11 Å². The Labute approximate surface area is 155 Å². The summed E-state index contributed by atoms with van der Waals surface area (Å²) in [5.41, 5.74) is 3.97. The summed E-state index contributed by atoms with van der Waals surface area (Å²) >= 11 is 2.33. The number of nitrogens with zero attached hydrogens (tertiary/aromatic N) is 1.